The molecule has 15 aromatic rings. The molecule has 0 saturated heterocycles. The Morgan fingerprint density at radius 3 is 0.891 bits per heavy atom. The van der Waals surface area contributed by atoms with Crippen molar-refractivity contribution in [1.82, 2.24) is 39.5 Å². The van der Waals surface area contributed by atoms with E-state index in [1.165, 1.54) is 95.1 Å². The predicted octanol–water partition coefficient (Wildman–Crippen LogP) is 28.4. The van der Waals surface area contributed by atoms with Crippen molar-refractivity contribution in [3.05, 3.63) is 363 Å². The lowest BCUT2D eigenvalue weighted by Crippen LogP contribution is -2.38. The monoisotopic (exact) mass is 1950 g/mol. The van der Waals surface area contributed by atoms with Gasteiger partial charge in [-0.15, -0.1) is 0 Å². The summed E-state index contributed by atoms with van der Waals surface area (Å²) in [6, 6.07) is 85.6. The lowest BCUT2D eigenvalue weighted by Gasteiger charge is -2.37. The molecule has 8 heterocycles. The van der Waals surface area contributed by atoms with Crippen LogP contribution in [0.1, 0.15) is 134 Å². The van der Waals surface area contributed by atoms with E-state index in [9.17, 15) is 0 Å². The molecule has 26 heteroatoms. The molecule has 4 aromatic heterocycles. The van der Waals surface area contributed by atoms with Gasteiger partial charge in [-0.05, 0) is 245 Å². The molecular weight excluding hydrogens is 1860 g/mol. The number of aromatic nitrogens is 4. The number of benzene rings is 11. The molecule has 129 heavy (non-hydrogen) atoms. The molecule has 0 saturated carbocycles. The van der Waals surface area contributed by atoms with Crippen LogP contribution in [-0.4, -0.2) is 117 Å². The molecule has 4 aliphatic heterocycles. The summed E-state index contributed by atoms with van der Waals surface area (Å²) >= 11 is 62.0. The SMILES string of the molecule is COc1ccc(C2c3[nH]c4ccc(Cl)cc4c3CCN2C(=S)SCCC(C)C)cc1.COc1ccc(C2c3[nH]c4ccc(Cl)cc4c3CCN2C(=S)SCc2ccc(C#N)cc2)cc1.COc1ccc(C2c3[nH]c4ccc(Cl)cc4c3CCN2C(=S)SCc2ccc(Cl)cc2)cc1.COc1ccc(C2c3[nH]c4ccc(Cl)cc4c3CCN2C(=S)SCc2ccccc2)cc1. The minimum absolute atomic E-state index is 0.00366. The standard InChI is InChI=1S/C27H22ClN3OS2.C26H22Cl2N2OS2.C26H23ClN2OS2.C24H27ClN2OS2/c1-32-21-9-6-19(7-10-21)26-25-22(23-14-20(28)8-11-24(23)30-25)12-13-31(26)27(33)34-16-18-4-2-17(15-29)3-5-18;1-31-20-9-4-17(5-10-20)25-24-21(22-14-19(28)8-11-23(22)29-24)12-13-30(25)26(32)33-15-16-2-6-18(27)7-3-16;1-30-20-10-7-18(8-11-20)25-24-21(22-15-19(27)9-12-23(22)28-24)13-14-29(25)26(31)32-16-17-5-3-2-4-6-17;1-15(2)11-13-30-24(29)27-12-10-19-20-14-17(25)6-9-21(20)26-22(19)23(27)16-4-7-18(28-3)8-5-16/h2-11,14,26,30H,12-13,16H2,1H3;2-11,14,25,29H,12-13,15H2,1H3;2-12,15,25,28H,13-14,16H2,1H3;4-9,14-15,23,26H,10-13H2,1-3H3. The summed E-state index contributed by atoms with van der Waals surface area (Å²) in [4.78, 5) is 24.1. The third kappa shape index (κ3) is 21.6. The van der Waals surface area contributed by atoms with E-state index in [1.807, 2.05) is 127 Å². The van der Waals surface area contributed by atoms with Gasteiger partial charge in [-0.3, -0.25) is 0 Å². The fourth-order valence-corrected chi connectivity index (χ4v) is 23.4. The van der Waals surface area contributed by atoms with E-state index >= 15 is 0 Å². The number of H-pyrrole nitrogens is 4. The zero-order chi connectivity index (χ0) is 89.9. The van der Waals surface area contributed by atoms with Crippen LogP contribution in [0.5, 0.6) is 23.0 Å². The molecule has 0 amide bonds. The number of methoxy groups -OCH3 is 4. The molecule has 0 radical (unpaired) electrons. The van der Waals surface area contributed by atoms with Crippen molar-refractivity contribution in [3.8, 4) is 29.1 Å². The van der Waals surface area contributed by atoms with E-state index in [2.05, 4.69) is 181 Å². The molecule has 4 N–H and O–H groups in total. The highest BCUT2D eigenvalue weighted by Crippen LogP contribution is 2.47. The lowest BCUT2D eigenvalue weighted by atomic mass is 9.93. The van der Waals surface area contributed by atoms with Gasteiger partial charge >= 0.3 is 0 Å². The predicted molar refractivity (Wildman–Crippen MR) is 559 cm³/mol. The van der Waals surface area contributed by atoms with Gasteiger partial charge in [0.05, 0.1) is 64.2 Å². The number of halogens is 5. The number of nitrogens with zero attached hydrogens (tertiary/aromatic N) is 5. The van der Waals surface area contributed by atoms with Crippen molar-refractivity contribution in [2.75, 3.05) is 60.4 Å². The first-order valence-electron chi connectivity index (χ1n) is 42.5. The van der Waals surface area contributed by atoms with E-state index in [0.29, 0.717) is 11.5 Å². The van der Waals surface area contributed by atoms with E-state index < -0.39 is 0 Å². The van der Waals surface area contributed by atoms with Gasteiger partial charge in [0.25, 0.3) is 0 Å². The summed E-state index contributed by atoms with van der Waals surface area (Å²) in [5.41, 5.74) is 23.5. The third-order valence-electron chi connectivity index (χ3n) is 23.9. The van der Waals surface area contributed by atoms with Gasteiger partial charge in [-0.1, -0.05) is 271 Å². The highest BCUT2D eigenvalue weighted by Gasteiger charge is 2.39. The average Bonchev–Trinajstić information content (AvgIpc) is 1.62. The minimum atomic E-state index is -0.0261. The smallest absolute Gasteiger partial charge is 0.137 e. The summed E-state index contributed by atoms with van der Waals surface area (Å²) in [5, 5.41) is 17.6. The maximum Gasteiger partial charge on any atom is 0.137 e. The summed E-state index contributed by atoms with van der Waals surface area (Å²) < 4.78 is 25.1. The van der Waals surface area contributed by atoms with Crippen molar-refractivity contribution in [1.29, 1.82) is 5.26 Å². The summed E-state index contributed by atoms with van der Waals surface area (Å²) in [5.74, 6) is 7.53. The Morgan fingerprint density at radius 1 is 0.357 bits per heavy atom. The molecule has 4 aliphatic rings. The zero-order valence-corrected chi connectivity index (χ0v) is 82.1. The fourth-order valence-electron chi connectivity index (χ4n) is 17.3. The number of thioether (sulfide) groups is 4. The van der Waals surface area contributed by atoms with Gasteiger partial charge in [0.15, 0.2) is 0 Å². The molecule has 4 unspecified atom stereocenters. The normalized spacial score (nSPS) is 15.6. The Kier molecular flexibility index (Phi) is 30.9. The van der Waals surface area contributed by atoms with Crippen LogP contribution < -0.4 is 18.9 Å². The molecule has 658 valence electrons. The van der Waals surface area contributed by atoms with Crippen molar-refractivity contribution in [3.63, 3.8) is 0 Å². The van der Waals surface area contributed by atoms with E-state index in [4.69, 9.17) is 131 Å². The highest BCUT2D eigenvalue weighted by molar-refractivity contribution is 8.23. The minimum Gasteiger partial charge on any atom is -0.497 e. The van der Waals surface area contributed by atoms with Crippen molar-refractivity contribution in [2.24, 2.45) is 5.92 Å². The largest absolute Gasteiger partial charge is 0.497 e. The Labute approximate surface area is 816 Å². The van der Waals surface area contributed by atoms with E-state index in [0.717, 1.165) is 179 Å². The number of hydrogen-bond acceptors (Lipinski definition) is 13. The van der Waals surface area contributed by atoms with Gasteiger partial charge in [-0.2, -0.15) is 5.26 Å². The molecule has 0 fully saturated rings. The molecule has 0 bridgehead atoms. The quantitative estimate of drug-likeness (QED) is 0.0643. The Hall–Kier alpha value is -9.32. The summed E-state index contributed by atoms with van der Waals surface area (Å²) in [6.45, 7) is 7.94. The van der Waals surface area contributed by atoms with Crippen LogP contribution in [0.25, 0.3) is 43.6 Å². The molecule has 0 spiro atoms. The van der Waals surface area contributed by atoms with Crippen LogP contribution in [0.3, 0.4) is 0 Å². The lowest BCUT2D eigenvalue weighted by molar-refractivity contribution is 0.345. The van der Waals surface area contributed by atoms with Gasteiger partial charge in [-0.25, -0.2) is 0 Å². The van der Waals surface area contributed by atoms with E-state index in [1.54, 1.807) is 75.5 Å². The highest BCUT2D eigenvalue weighted by atomic mass is 35.5. The number of fused-ring (bicyclic) bond motifs is 12. The van der Waals surface area contributed by atoms with Crippen molar-refractivity contribution < 1.29 is 18.9 Å². The van der Waals surface area contributed by atoms with Crippen LogP contribution in [0.2, 0.25) is 25.1 Å². The number of thiocarbonyl (C=S) groups is 4. The van der Waals surface area contributed by atoms with Crippen molar-refractivity contribution >= 4 is 215 Å². The third-order valence-corrected chi connectivity index (χ3v) is 31.2. The van der Waals surface area contributed by atoms with Gasteiger partial charge in [0.2, 0.25) is 0 Å². The first-order chi connectivity index (χ1) is 62.7. The molecule has 11 aromatic carbocycles. The molecule has 19 rings (SSSR count). The van der Waals surface area contributed by atoms with Gasteiger partial charge in [0, 0.05) is 141 Å². The Morgan fingerprint density at radius 2 is 0.620 bits per heavy atom. The van der Waals surface area contributed by atoms with Crippen LogP contribution in [0.15, 0.2) is 249 Å². The first-order valence-corrected chi connectivity index (χ1v) is 50.0. The van der Waals surface area contributed by atoms with Crippen LogP contribution in [0.4, 0.5) is 0 Å². The zero-order valence-electron chi connectivity index (χ0n) is 71.8. The maximum atomic E-state index is 9.03. The number of nitriles is 1. The number of rotatable bonds is 17. The average molecular weight is 1960 g/mol. The second-order valence-electron chi connectivity index (χ2n) is 32.2. The molecular formula is C103H94Cl5N9O4S8. The van der Waals surface area contributed by atoms with Crippen LogP contribution in [-0.2, 0) is 42.9 Å². The van der Waals surface area contributed by atoms with Gasteiger partial charge < -0.3 is 58.5 Å². The Balaban J connectivity index is 0.000000126. The second kappa shape index (κ2) is 42.9. The number of ether oxygens (including phenoxy) is 4. The van der Waals surface area contributed by atoms with E-state index in [-0.39, 0.29) is 24.2 Å². The van der Waals surface area contributed by atoms with Crippen LogP contribution in [0, 0.1) is 17.2 Å². The number of aromatic amines is 4. The molecule has 13 nitrogen and oxygen atoms in total. The van der Waals surface area contributed by atoms with Crippen molar-refractivity contribution in [2.45, 2.75) is 87.4 Å². The second-order valence-corrected chi connectivity index (χ2v) is 40.9. The Bertz CT molecular complexity index is 6570. The topological polar surface area (TPSA) is 137 Å². The first kappa shape index (κ1) is 92.9. The summed E-state index contributed by atoms with van der Waals surface area (Å²) in [6.07, 6.45) is 4.84. The fraction of sp³-hybridized carbons (Fsp3) is 0.233. The number of hydrogen-bond donors (Lipinski definition) is 4. The molecule has 0 aliphatic carbocycles. The summed E-state index contributed by atoms with van der Waals surface area (Å²) in [7, 11) is 6.75. The van der Waals surface area contributed by atoms with Gasteiger partial charge in [0.1, 0.15) is 40.3 Å². The number of nitrogens with one attached hydrogen (secondary N) is 4. The maximum absolute atomic E-state index is 9.03. The van der Waals surface area contributed by atoms with Crippen LogP contribution >= 0.6 is 154 Å². The molecule has 4 atom stereocenters.